The van der Waals surface area contributed by atoms with Crippen molar-refractivity contribution >= 4 is 23.0 Å². The summed E-state index contributed by atoms with van der Waals surface area (Å²) in [5, 5.41) is 2.81. The molecule has 0 fully saturated rings. The summed E-state index contributed by atoms with van der Waals surface area (Å²) in [6.07, 6.45) is 2.01. The molecule has 0 atom stereocenters. The fourth-order valence-corrected chi connectivity index (χ4v) is 3.03. The second-order valence-electron chi connectivity index (χ2n) is 5.69. The van der Waals surface area contributed by atoms with Gasteiger partial charge in [-0.15, -0.1) is 11.3 Å². The average Bonchev–Trinajstić information content (AvgIpc) is 3.04. The van der Waals surface area contributed by atoms with Crippen molar-refractivity contribution in [2.75, 3.05) is 13.2 Å². The average molecular weight is 363 g/mol. The standard InChI is InChI=1S/C19H22FNO3S/c1-14-4-10-18(25-14)17(22)9-11-19(23)21-12-2-3-13-24-16-7-5-15(20)6-8-16/h4-8,10H,2-3,9,11-13H2,1H3,(H,21,23). The van der Waals surface area contributed by atoms with E-state index in [0.717, 1.165) is 17.7 Å². The van der Waals surface area contributed by atoms with Crippen LogP contribution in [0.5, 0.6) is 5.75 Å². The van der Waals surface area contributed by atoms with Crippen molar-refractivity contribution in [3.8, 4) is 5.75 Å². The Morgan fingerprint density at radius 2 is 1.84 bits per heavy atom. The first-order chi connectivity index (χ1) is 12.0. The van der Waals surface area contributed by atoms with Gasteiger partial charge in [-0.25, -0.2) is 4.39 Å². The molecular formula is C19H22FNO3S. The van der Waals surface area contributed by atoms with Crippen LogP contribution < -0.4 is 10.1 Å². The van der Waals surface area contributed by atoms with Crippen LogP contribution in [0.4, 0.5) is 4.39 Å². The van der Waals surface area contributed by atoms with E-state index in [1.807, 2.05) is 13.0 Å². The molecule has 2 rings (SSSR count). The number of thiophene rings is 1. The zero-order chi connectivity index (χ0) is 18.1. The maximum absolute atomic E-state index is 12.7. The van der Waals surface area contributed by atoms with Gasteiger partial charge in [0, 0.05) is 24.3 Å². The predicted molar refractivity (Wildman–Crippen MR) is 96.8 cm³/mol. The third kappa shape index (κ3) is 7.05. The van der Waals surface area contributed by atoms with Crippen LogP contribution in [0.25, 0.3) is 0 Å². The summed E-state index contributed by atoms with van der Waals surface area (Å²) in [5.41, 5.74) is 0. The van der Waals surface area contributed by atoms with Gasteiger partial charge in [0.05, 0.1) is 11.5 Å². The summed E-state index contributed by atoms with van der Waals surface area (Å²) in [6, 6.07) is 9.60. The third-order valence-corrected chi connectivity index (χ3v) is 4.61. The summed E-state index contributed by atoms with van der Waals surface area (Å²) in [6.45, 7) is 3.02. The van der Waals surface area contributed by atoms with Gasteiger partial charge in [0.25, 0.3) is 0 Å². The number of hydrogen-bond acceptors (Lipinski definition) is 4. The normalized spacial score (nSPS) is 10.5. The molecule has 25 heavy (non-hydrogen) atoms. The number of benzene rings is 1. The lowest BCUT2D eigenvalue weighted by molar-refractivity contribution is -0.121. The van der Waals surface area contributed by atoms with Crippen molar-refractivity contribution in [3.05, 3.63) is 52.0 Å². The Morgan fingerprint density at radius 1 is 1.08 bits per heavy atom. The topological polar surface area (TPSA) is 55.4 Å². The van der Waals surface area contributed by atoms with Gasteiger partial charge in [0.2, 0.25) is 5.91 Å². The Balaban J connectivity index is 1.52. The number of carbonyl (C=O) groups excluding carboxylic acids is 2. The second kappa shape index (κ2) is 9.93. The quantitative estimate of drug-likeness (QED) is 0.510. The van der Waals surface area contributed by atoms with Crippen LogP contribution >= 0.6 is 11.3 Å². The number of ether oxygens (including phenoxy) is 1. The molecule has 0 unspecified atom stereocenters. The highest BCUT2D eigenvalue weighted by Crippen LogP contribution is 2.17. The molecule has 0 spiro atoms. The molecule has 134 valence electrons. The lowest BCUT2D eigenvalue weighted by Gasteiger charge is -2.07. The molecule has 0 saturated carbocycles. The maximum Gasteiger partial charge on any atom is 0.220 e. The Kier molecular flexibility index (Phi) is 7.60. The fourth-order valence-electron chi connectivity index (χ4n) is 2.20. The van der Waals surface area contributed by atoms with E-state index in [2.05, 4.69) is 5.32 Å². The number of Topliss-reactive ketones (excluding diaryl/α,β-unsaturated/α-hetero) is 1. The zero-order valence-electron chi connectivity index (χ0n) is 14.2. The highest BCUT2D eigenvalue weighted by atomic mass is 32.1. The van der Waals surface area contributed by atoms with E-state index in [4.69, 9.17) is 4.74 Å². The van der Waals surface area contributed by atoms with Crippen molar-refractivity contribution in [1.82, 2.24) is 5.32 Å². The molecule has 0 aliphatic heterocycles. The minimum Gasteiger partial charge on any atom is -0.494 e. The van der Waals surface area contributed by atoms with Crippen molar-refractivity contribution in [1.29, 1.82) is 0 Å². The first-order valence-electron chi connectivity index (χ1n) is 8.29. The monoisotopic (exact) mass is 363 g/mol. The predicted octanol–water partition coefficient (Wildman–Crippen LogP) is 4.13. The van der Waals surface area contributed by atoms with Crippen LogP contribution in [0.15, 0.2) is 36.4 Å². The largest absolute Gasteiger partial charge is 0.494 e. The molecule has 0 radical (unpaired) electrons. The molecule has 0 aliphatic carbocycles. The van der Waals surface area contributed by atoms with Gasteiger partial charge in [-0.3, -0.25) is 9.59 Å². The Bertz CT molecular complexity index is 697. The Labute approximate surface area is 151 Å². The molecule has 0 bridgehead atoms. The fraction of sp³-hybridized carbons (Fsp3) is 0.368. The van der Waals surface area contributed by atoms with Crippen LogP contribution in [-0.2, 0) is 4.79 Å². The summed E-state index contributed by atoms with van der Waals surface area (Å²) >= 11 is 1.46. The summed E-state index contributed by atoms with van der Waals surface area (Å²) in [4.78, 5) is 25.5. The first kappa shape index (κ1) is 19.1. The molecule has 2 aromatic rings. The van der Waals surface area contributed by atoms with E-state index in [-0.39, 0.29) is 30.3 Å². The van der Waals surface area contributed by atoms with Gasteiger partial charge in [-0.05, 0) is 56.2 Å². The molecule has 1 heterocycles. The number of carbonyl (C=O) groups is 2. The summed E-state index contributed by atoms with van der Waals surface area (Å²) in [5.74, 6) is 0.248. The van der Waals surface area contributed by atoms with E-state index in [1.54, 1.807) is 18.2 Å². The lowest BCUT2D eigenvalue weighted by Crippen LogP contribution is -2.25. The number of nitrogens with one attached hydrogen (secondary N) is 1. The van der Waals surface area contributed by atoms with Crippen molar-refractivity contribution in [3.63, 3.8) is 0 Å². The highest BCUT2D eigenvalue weighted by molar-refractivity contribution is 7.14. The van der Waals surface area contributed by atoms with Crippen LogP contribution in [-0.4, -0.2) is 24.8 Å². The number of amides is 1. The SMILES string of the molecule is Cc1ccc(C(=O)CCC(=O)NCCCCOc2ccc(F)cc2)s1. The van der Waals surface area contributed by atoms with E-state index >= 15 is 0 Å². The molecule has 1 amide bonds. The van der Waals surface area contributed by atoms with E-state index < -0.39 is 0 Å². The number of halogens is 1. The minimum atomic E-state index is -0.289. The third-order valence-electron chi connectivity index (χ3n) is 3.57. The molecule has 1 N–H and O–H groups in total. The van der Waals surface area contributed by atoms with Gasteiger partial charge in [-0.2, -0.15) is 0 Å². The Morgan fingerprint density at radius 3 is 2.52 bits per heavy atom. The summed E-state index contributed by atoms with van der Waals surface area (Å²) in [7, 11) is 0. The second-order valence-corrected chi connectivity index (χ2v) is 6.98. The first-order valence-corrected chi connectivity index (χ1v) is 9.11. The van der Waals surface area contributed by atoms with Gasteiger partial charge < -0.3 is 10.1 Å². The number of ketones is 1. The molecular weight excluding hydrogens is 341 g/mol. The molecule has 4 nitrogen and oxygen atoms in total. The van der Waals surface area contributed by atoms with E-state index in [0.29, 0.717) is 23.8 Å². The lowest BCUT2D eigenvalue weighted by atomic mass is 10.2. The van der Waals surface area contributed by atoms with E-state index in [9.17, 15) is 14.0 Å². The molecule has 0 saturated heterocycles. The number of aryl methyl sites for hydroxylation is 1. The van der Waals surface area contributed by atoms with Crippen molar-refractivity contribution in [2.45, 2.75) is 32.6 Å². The zero-order valence-corrected chi connectivity index (χ0v) is 15.0. The molecule has 6 heteroatoms. The maximum atomic E-state index is 12.7. The van der Waals surface area contributed by atoms with Crippen LogP contribution in [0.3, 0.4) is 0 Å². The van der Waals surface area contributed by atoms with Crippen molar-refractivity contribution in [2.24, 2.45) is 0 Å². The van der Waals surface area contributed by atoms with Gasteiger partial charge >= 0.3 is 0 Å². The number of unbranched alkanes of at least 4 members (excludes halogenated alkanes) is 1. The minimum absolute atomic E-state index is 0.0148. The van der Waals surface area contributed by atoms with E-state index in [1.165, 1.54) is 23.5 Å². The van der Waals surface area contributed by atoms with Crippen LogP contribution in [0.1, 0.15) is 40.2 Å². The summed E-state index contributed by atoms with van der Waals surface area (Å²) < 4.78 is 18.2. The Hall–Kier alpha value is -2.21. The highest BCUT2D eigenvalue weighted by Gasteiger charge is 2.10. The van der Waals surface area contributed by atoms with Crippen molar-refractivity contribution < 1.29 is 18.7 Å². The number of rotatable bonds is 10. The number of hydrogen-bond donors (Lipinski definition) is 1. The van der Waals surface area contributed by atoms with Gasteiger partial charge in [0.15, 0.2) is 5.78 Å². The smallest absolute Gasteiger partial charge is 0.220 e. The van der Waals surface area contributed by atoms with Gasteiger partial charge in [0.1, 0.15) is 11.6 Å². The van der Waals surface area contributed by atoms with Gasteiger partial charge in [-0.1, -0.05) is 0 Å². The van der Waals surface area contributed by atoms with Crippen LogP contribution in [0.2, 0.25) is 0 Å². The molecule has 1 aromatic carbocycles. The molecule has 1 aromatic heterocycles. The van der Waals surface area contributed by atoms with Crippen LogP contribution in [0, 0.1) is 12.7 Å². The molecule has 0 aliphatic rings.